The zero-order valence-electron chi connectivity index (χ0n) is 8.74. The molecule has 0 amide bonds. The molecule has 0 saturated carbocycles. The molecule has 0 radical (unpaired) electrons. The zero-order valence-corrected chi connectivity index (χ0v) is 8.74. The summed E-state index contributed by atoms with van der Waals surface area (Å²) in [6.45, 7) is 0.814. The van der Waals surface area contributed by atoms with Crippen LogP contribution in [-0.2, 0) is 6.54 Å². The molecule has 3 heteroatoms. The molecule has 0 unspecified atom stereocenters. The summed E-state index contributed by atoms with van der Waals surface area (Å²) in [6.07, 6.45) is 9.39. The SMILES string of the molecule is c1ccc2c(Cn3ccnc3)cncc2c1. The van der Waals surface area contributed by atoms with E-state index in [-0.39, 0.29) is 0 Å². The van der Waals surface area contributed by atoms with Crippen molar-refractivity contribution >= 4 is 10.8 Å². The van der Waals surface area contributed by atoms with Gasteiger partial charge in [0.25, 0.3) is 0 Å². The maximum atomic E-state index is 4.26. The first-order chi connectivity index (χ1) is 7.93. The summed E-state index contributed by atoms with van der Waals surface area (Å²) in [7, 11) is 0. The molecule has 0 fully saturated rings. The number of rotatable bonds is 2. The molecule has 78 valence electrons. The van der Waals surface area contributed by atoms with Crippen molar-refractivity contribution in [2.45, 2.75) is 6.54 Å². The molecule has 1 aromatic carbocycles. The first-order valence-electron chi connectivity index (χ1n) is 5.21. The van der Waals surface area contributed by atoms with E-state index in [0.29, 0.717) is 0 Å². The van der Waals surface area contributed by atoms with Crippen molar-refractivity contribution < 1.29 is 0 Å². The van der Waals surface area contributed by atoms with Crippen LogP contribution in [0.3, 0.4) is 0 Å². The highest BCUT2D eigenvalue weighted by atomic mass is 15.0. The van der Waals surface area contributed by atoms with Crippen LogP contribution in [0.4, 0.5) is 0 Å². The first-order valence-corrected chi connectivity index (χ1v) is 5.21. The largest absolute Gasteiger partial charge is 0.333 e. The minimum absolute atomic E-state index is 0.814. The molecule has 2 aromatic heterocycles. The van der Waals surface area contributed by atoms with Crippen molar-refractivity contribution in [1.82, 2.24) is 14.5 Å². The van der Waals surface area contributed by atoms with Crippen LogP contribution in [-0.4, -0.2) is 14.5 Å². The second-order valence-corrected chi connectivity index (χ2v) is 3.75. The van der Waals surface area contributed by atoms with Crippen LogP contribution in [0.25, 0.3) is 10.8 Å². The smallest absolute Gasteiger partial charge is 0.0949 e. The maximum Gasteiger partial charge on any atom is 0.0949 e. The number of imidazole rings is 1. The van der Waals surface area contributed by atoms with Crippen molar-refractivity contribution in [1.29, 1.82) is 0 Å². The van der Waals surface area contributed by atoms with E-state index < -0.39 is 0 Å². The Morgan fingerprint density at radius 3 is 2.88 bits per heavy atom. The third-order valence-corrected chi connectivity index (χ3v) is 2.66. The van der Waals surface area contributed by atoms with Crippen molar-refractivity contribution in [2.75, 3.05) is 0 Å². The summed E-state index contributed by atoms with van der Waals surface area (Å²) >= 11 is 0. The molecule has 3 nitrogen and oxygen atoms in total. The third-order valence-electron chi connectivity index (χ3n) is 2.66. The Labute approximate surface area is 93.4 Å². The highest BCUT2D eigenvalue weighted by Crippen LogP contribution is 2.17. The van der Waals surface area contributed by atoms with Gasteiger partial charge in [-0.1, -0.05) is 24.3 Å². The van der Waals surface area contributed by atoms with Gasteiger partial charge in [0, 0.05) is 30.2 Å². The van der Waals surface area contributed by atoms with Crippen LogP contribution in [0.1, 0.15) is 5.56 Å². The van der Waals surface area contributed by atoms with E-state index in [9.17, 15) is 0 Å². The van der Waals surface area contributed by atoms with Gasteiger partial charge in [0.1, 0.15) is 0 Å². The van der Waals surface area contributed by atoms with Crippen LogP contribution in [0.2, 0.25) is 0 Å². The maximum absolute atomic E-state index is 4.26. The highest BCUT2D eigenvalue weighted by molar-refractivity contribution is 5.84. The van der Waals surface area contributed by atoms with E-state index >= 15 is 0 Å². The number of aromatic nitrogens is 3. The topological polar surface area (TPSA) is 30.7 Å². The third kappa shape index (κ3) is 1.56. The van der Waals surface area contributed by atoms with Gasteiger partial charge in [-0.15, -0.1) is 0 Å². The molecule has 16 heavy (non-hydrogen) atoms. The summed E-state index contributed by atoms with van der Waals surface area (Å²) in [6, 6.07) is 8.30. The second-order valence-electron chi connectivity index (χ2n) is 3.75. The normalized spacial score (nSPS) is 10.8. The molecule has 0 aliphatic heterocycles. The van der Waals surface area contributed by atoms with Crippen LogP contribution in [0.15, 0.2) is 55.4 Å². The Balaban J connectivity index is 2.10. The molecule has 0 spiro atoms. The quantitative estimate of drug-likeness (QED) is 0.649. The van der Waals surface area contributed by atoms with Gasteiger partial charge in [-0.2, -0.15) is 0 Å². The lowest BCUT2D eigenvalue weighted by Gasteiger charge is -2.06. The number of benzene rings is 1. The zero-order chi connectivity index (χ0) is 10.8. The lowest BCUT2D eigenvalue weighted by Crippen LogP contribution is -1.97. The van der Waals surface area contributed by atoms with Crippen LogP contribution >= 0.6 is 0 Å². The van der Waals surface area contributed by atoms with Crippen molar-refractivity contribution in [2.24, 2.45) is 0 Å². The van der Waals surface area contributed by atoms with Gasteiger partial charge in [0.15, 0.2) is 0 Å². The molecule has 0 atom stereocenters. The number of hydrogen-bond acceptors (Lipinski definition) is 2. The Morgan fingerprint density at radius 2 is 2.00 bits per heavy atom. The van der Waals surface area contributed by atoms with Crippen LogP contribution in [0.5, 0.6) is 0 Å². The van der Waals surface area contributed by atoms with E-state index in [2.05, 4.69) is 28.2 Å². The van der Waals surface area contributed by atoms with Gasteiger partial charge in [0.2, 0.25) is 0 Å². The fraction of sp³-hybridized carbons (Fsp3) is 0.0769. The standard InChI is InChI=1S/C13H11N3/c1-2-4-13-11(3-1)7-15-8-12(13)9-16-6-5-14-10-16/h1-8,10H,9H2. The molecule has 3 aromatic rings. The van der Waals surface area contributed by atoms with Crippen LogP contribution in [0, 0.1) is 0 Å². The Hall–Kier alpha value is -2.16. The van der Waals surface area contributed by atoms with E-state index in [0.717, 1.165) is 6.54 Å². The minimum Gasteiger partial charge on any atom is -0.333 e. The summed E-state index contributed by atoms with van der Waals surface area (Å²) < 4.78 is 2.05. The molecule has 0 bridgehead atoms. The number of nitrogens with zero attached hydrogens (tertiary/aromatic N) is 3. The van der Waals surface area contributed by atoms with E-state index in [1.54, 1.807) is 6.20 Å². The highest BCUT2D eigenvalue weighted by Gasteiger charge is 2.01. The van der Waals surface area contributed by atoms with Crippen molar-refractivity contribution in [3.05, 3.63) is 60.9 Å². The van der Waals surface area contributed by atoms with Gasteiger partial charge < -0.3 is 4.57 Å². The van der Waals surface area contributed by atoms with E-state index in [1.165, 1.54) is 16.3 Å². The number of hydrogen-bond donors (Lipinski definition) is 0. The number of pyridine rings is 1. The predicted molar refractivity (Wildman–Crippen MR) is 63.1 cm³/mol. The fourth-order valence-electron chi connectivity index (χ4n) is 1.88. The minimum atomic E-state index is 0.814. The Morgan fingerprint density at radius 1 is 1.06 bits per heavy atom. The van der Waals surface area contributed by atoms with Crippen molar-refractivity contribution in [3.63, 3.8) is 0 Å². The Kier molecular flexibility index (Phi) is 2.14. The monoisotopic (exact) mass is 209 g/mol. The Bertz CT molecular complexity index is 594. The van der Waals surface area contributed by atoms with Gasteiger partial charge in [-0.25, -0.2) is 4.98 Å². The van der Waals surface area contributed by atoms with Crippen LogP contribution < -0.4 is 0 Å². The summed E-state index contributed by atoms with van der Waals surface area (Å²) in [5.74, 6) is 0. The summed E-state index contributed by atoms with van der Waals surface area (Å²) in [5, 5.41) is 2.44. The molecule has 3 rings (SSSR count). The molecule has 0 N–H and O–H groups in total. The number of fused-ring (bicyclic) bond motifs is 1. The molecular formula is C13H11N3. The first kappa shape index (κ1) is 9.09. The summed E-state index contributed by atoms with van der Waals surface area (Å²) in [4.78, 5) is 8.30. The lowest BCUT2D eigenvalue weighted by atomic mass is 10.1. The van der Waals surface area contributed by atoms with Gasteiger partial charge in [-0.05, 0) is 10.9 Å². The lowest BCUT2D eigenvalue weighted by molar-refractivity contribution is 0.799. The molecule has 0 aliphatic rings. The van der Waals surface area contributed by atoms with Gasteiger partial charge in [-0.3, -0.25) is 4.98 Å². The van der Waals surface area contributed by atoms with Gasteiger partial charge in [0.05, 0.1) is 12.9 Å². The molecule has 0 aliphatic carbocycles. The second kappa shape index (κ2) is 3.77. The van der Waals surface area contributed by atoms with E-state index in [4.69, 9.17) is 0 Å². The van der Waals surface area contributed by atoms with E-state index in [1.807, 2.05) is 35.6 Å². The fourth-order valence-corrected chi connectivity index (χ4v) is 1.88. The van der Waals surface area contributed by atoms with Crippen molar-refractivity contribution in [3.8, 4) is 0 Å². The molecule has 0 saturated heterocycles. The summed E-state index contributed by atoms with van der Waals surface area (Å²) in [5.41, 5.74) is 1.22. The molecular weight excluding hydrogens is 198 g/mol. The predicted octanol–water partition coefficient (Wildman–Crippen LogP) is 2.48. The average Bonchev–Trinajstić information content (AvgIpc) is 2.82. The average molecular weight is 209 g/mol. The van der Waals surface area contributed by atoms with Gasteiger partial charge >= 0.3 is 0 Å². The molecule has 2 heterocycles.